The minimum absolute atomic E-state index is 0. The van der Waals surface area contributed by atoms with Crippen LogP contribution in [0.5, 0.6) is 0 Å². The Labute approximate surface area is 53.1 Å². The van der Waals surface area contributed by atoms with Crippen LogP contribution in [0.2, 0.25) is 0 Å². The highest BCUT2D eigenvalue weighted by Gasteiger charge is 1.82. The van der Waals surface area contributed by atoms with Crippen LogP contribution in [0.1, 0.15) is 0 Å². The summed E-state index contributed by atoms with van der Waals surface area (Å²) in [5.41, 5.74) is 0. The summed E-state index contributed by atoms with van der Waals surface area (Å²) in [6.45, 7) is 0. The molecule has 2 N–H and O–H groups in total. The number of anilines is 1. The third kappa shape index (κ3) is 1.38. The van der Waals surface area contributed by atoms with Crippen LogP contribution in [0.3, 0.4) is 0 Å². The number of hydrogen-bond donors (Lipinski definition) is 2. The van der Waals surface area contributed by atoms with Gasteiger partial charge in [0.2, 0.25) is 5.95 Å². The molecule has 0 amide bonds. The Balaban J connectivity index is 0.000000490. The van der Waals surface area contributed by atoms with E-state index in [0.717, 1.165) is 0 Å². The van der Waals surface area contributed by atoms with Gasteiger partial charge in [-0.05, 0) is 0 Å². The van der Waals surface area contributed by atoms with E-state index in [1.165, 1.54) is 6.33 Å². The van der Waals surface area contributed by atoms with Gasteiger partial charge in [0.1, 0.15) is 6.33 Å². The Morgan fingerprint density at radius 3 is 2.75 bits per heavy atom. The summed E-state index contributed by atoms with van der Waals surface area (Å²) in [4.78, 5) is 3.76. The summed E-state index contributed by atoms with van der Waals surface area (Å²) in [5.74, 6) is 0.694. The number of hydrogen-bond acceptors (Lipinski definition) is 3. The first-order valence-electron chi connectivity index (χ1n) is 1.96. The highest BCUT2D eigenvalue weighted by atomic mass is 35.5. The van der Waals surface area contributed by atoms with Crippen LogP contribution in [0.15, 0.2) is 6.33 Å². The van der Waals surface area contributed by atoms with Gasteiger partial charge >= 0.3 is 0 Å². The molecule has 0 fully saturated rings. The number of rotatable bonds is 1. The molecule has 1 rings (SSSR count). The molecule has 0 saturated carbocycles. The number of aromatic nitrogens is 3. The van der Waals surface area contributed by atoms with Gasteiger partial charge in [0, 0.05) is 7.05 Å². The van der Waals surface area contributed by atoms with Crippen molar-refractivity contribution in [1.29, 1.82) is 0 Å². The van der Waals surface area contributed by atoms with Crippen molar-refractivity contribution in [1.82, 2.24) is 15.2 Å². The summed E-state index contributed by atoms with van der Waals surface area (Å²) in [7, 11) is 1.78. The van der Waals surface area contributed by atoms with Crippen LogP contribution in [0.25, 0.3) is 0 Å². The maximum atomic E-state index is 3.76. The van der Waals surface area contributed by atoms with Crippen molar-refractivity contribution in [2.75, 3.05) is 12.4 Å². The number of nitrogens with zero attached hydrogens (tertiary/aromatic N) is 2. The van der Waals surface area contributed by atoms with Crippen LogP contribution < -0.4 is 5.32 Å². The first kappa shape index (κ1) is 7.23. The maximum Gasteiger partial charge on any atom is 0.218 e. The van der Waals surface area contributed by atoms with Gasteiger partial charge in [-0.1, -0.05) is 0 Å². The van der Waals surface area contributed by atoms with Crippen molar-refractivity contribution >= 4 is 18.4 Å². The van der Waals surface area contributed by atoms with Gasteiger partial charge in [0.15, 0.2) is 0 Å². The average molecular weight is 135 g/mol. The number of aromatic amines is 1. The fourth-order valence-corrected chi connectivity index (χ4v) is 0.326. The van der Waals surface area contributed by atoms with Crippen LogP contribution in [0.4, 0.5) is 5.95 Å². The SMILES string of the molecule is CNc1ncn[nH]1.Cl. The monoisotopic (exact) mass is 134 g/mol. The largest absolute Gasteiger partial charge is 0.358 e. The lowest BCUT2D eigenvalue weighted by Crippen LogP contribution is -1.88. The van der Waals surface area contributed by atoms with E-state index in [1.54, 1.807) is 7.05 Å². The summed E-state index contributed by atoms with van der Waals surface area (Å²) in [6, 6.07) is 0. The predicted octanol–water partition coefficient (Wildman–Crippen LogP) is 0.268. The second-order valence-electron chi connectivity index (χ2n) is 1.08. The number of nitrogens with one attached hydrogen (secondary N) is 2. The molecule has 0 bridgehead atoms. The summed E-state index contributed by atoms with van der Waals surface area (Å²) in [5, 5.41) is 8.99. The molecule has 0 saturated heterocycles. The molecular formula is C3H7ClN4. The third-order valence-corrected chi connectivity index (χ3v) is 0.652. The Kier molecular flexibility index (Phi) is 2.95. The zero-order chi connectivity index (χ0) is 5.11. The van der Waals surface area contributed by atoms with Crippen molar-refractivity contribution in [3.8, 4) is 0 Å². The molecular weight excluding hydrogens is 128 g/mol. The van der Waals surface area contributed by atoms with Crippen molar-refractivity contribution in [2.24, 2.45) is 0 Å². The molecule has 0 aliphatic heterocycles. The van der Waals surface area contributed by atoms with Crippen LogP contribution >= 0.6 is 12.4 Å². The second kappa shape index (κ2) is 3.26. The lowest BCUT2D eigenvalue weighted by atomic mass is 11.0. The van der Waals surface area contributed by atoms with Crippen LogP contribution in [-0.2, 0) is 0 Å². The second-order valence-corrected chi connectivity index (χ2v) is 1.08. The molecule has 5 heteroatoms. The van der Waals surface area contributed by atoms with E-state index in [4.69, 9.17) is 0 Å². The molecule has 4 nitrogen and oxygen atoms in total. The lowest BCUT2D eigenvalue weighted by Gasteiger charge is -1.83. The van der Waals surface area contributed by atoms with Gasteiger partial charge in [-0.15, -0.1) is 12.4 Å². The minimum Gasteiger partial charge on any atom is -0.358 e. The molecule has 1 heterocycles. The zero-order valence-corrected chi connectivity index (χ0v) is 5.20. The van der Waals surface area contributed by atoms with Gasteiger partial charge in [-0.25, -0.2) is 10.1 Å². The first-order chi connectivity index (χ1) is 3.43. The fraction of sp³-hybridized carbons (Fsp3) is 0.333. The van der Waals surface area contributed by atoms with E-state index >= 15 is 0 Å². The topological polar surface area (TPSA) is 53.6 Å². The molecule has 0 aliphatic rings. The number of H-pyrrole nitrogens is 1. The van der Waals surface area contributed by atoms with Gasteiger partial charge < -0.3 is 5.32 Å². The van der Waals surface area contributed by atoms with Crippen molar-refractivity contribution in [2.45, 2.75) is 0 Å². The molecule has 8 heavy (non-hydrogen) atoms. The van der Waals surface area contributed by atoms with Crippen LogP contribution in [0, 0.1) is 0 Å². The van der Waals surface area contributed by atoms with Gasteiger partial charge in [-0.3, -0.25) is 0 Å². The van der Waals surface area contributed by atoms with E-state index in [2.05, 4.69) is 20.5 Å². The molecule has 0 atom stereocenters. The Morgan fingerprint density at radius 2 is 2.50 bits per heavy atom. The summed E-state index contributed by atoms with van der Waals surface area (Å²) < 4.78 is 0. The van der Waals surface area contributed by atoms with E-state index < -0.39 is 0 Å². The van der Waals surface area contributed by atoms with Crippen molar-refractivity contribution < 1.29 is 0 Å². The Morgan fingerprint density at radius 1 is 1.75 bits per heavy atom. The maximum absolute atomic E-state index is 3.76. The van der Waals surface area contributed by atoms with Gasteiger partial charge in [-0.2, -0.15) is 5.10 Å². The molecule has 46 valence electrons. The molecule has 1 aromatic heterocycles. The Hall–Kier alpha value is -0.770. The molecule has 0 radical (unpaired) electrons. The molecule has 0 aliphatic carbocycles. The molecule has 1 aromatic rings. The van der Waals surface area contributed by atoms with Gasteiger partial charge in [0.25, 0.3) is 0 Å². The zero-order valence-electron chi connectivity index (χ0n) is 4.38. The first-order valence-corrected chi connectivity index (χ1v) is 1.96. The van der Waals surface area contributed by atoms with Crippen LogP contribution in [-0.4, -0.2) is 22.2 Å². The van der Waals surface area contributed by atoms with E-state index in [0.29, 0.717) is 5.95 Å². The summed E-state index contributed by atoms with van der Waals surface area (Å²) >= 11 is 0. The predicted molar refractivity (Wildman–Crippen MR) is 33.2 cm³/mol. The standard InChI is InChI=1S/C3H6N4.ClH/c1-4-3-5-2-6-7-3;/h2H,1H3,(H2,4,5,6,7);1H. The molecule has 0 unspecified atom stereocenters. The minimum atomic E-state index is 0. The normalized spacial score (nSPS) is 7.62. The lowest BCUT2D eigenvalue weighted by molar-refractivity contribution is 1.09. The van der Waals surface area contributed by atoms with E-state index in [9.17, 15) is 0 Å². The highest BCUT2D eigenvalue weighted by molar-refractivity contribution is 5.85. The smallest absolute Gasteiger partial charge is 0.218 e. The van der Waals surface area contributed by atoms with E-state index in [1.807, 2.05) is 0 Å². The summed E-state index contributed by atoms with van der Waals surface area (Å²) in [6.07, 6.45) is 1.45. The van der Waals surface area contributed by atoms with E-state index in [-0.39, 0.29) is 12.4 Å². The van der Waals surface area contributed by atoms with Crippen molar-refractivity contribution in [3.05, 3.63) is 6.33 Å². The van der Waals surface area contributed by atoms with Gasteiger partial charge in [0.05, 0.1) is 0 Å². The highest BCUT2D eigenvalue weighted by Crippen LogP contribution is 1.85. The number of halogens is 1. The molecule has 0 aromatic carbocycles. The fourth-order valence-electron chi connectivity index (χ4n) is 0.326. The third-order valence-electron chi connectivity index (χ3n) is 0.652. The Bertz CT molecular complexity index is 126. The molecule has 0 spiro atoms. The van der Waals surface area contributed by atoms with Crippen molar-refractivity contribution in [3.63, 3.8) is 0 Å². The quantitative estimate of drug-likeness (QED) is 0.580. The average Bonchev–Trinajstić information content (AvgIpc) is 2.14.